The predicted molar refractivity (Wildman–Crippen MR) is 87.6 cm³/mol. The Morgan fingerprint density at radius 3 is 2.67 bits per heavy atom. The average Bonchev–Trinajstić information content (AvgIpc) is 3.00. The molecule has 0 fully saturated rings. The van der Waals surface area contributed by atoms with Crippen LogP contribution in [-0.4, -0.2) is 45.1 Å². The van der Waals surface area contributed by atoms with Crippen molar-refractivity contribution in [3.63, 3.8) is 0 Å². The molecule has 0 unspecified atom stereocenters. The van der Waals surface area contributed by atoms with Crippen LogP contribution in [0.2, 0.25) is 0 Å². The van der Waals surface area contributed by atoms with Gasteiger partial charge in [-0.25, -0.2) is 9.89 Å². The second-order valence-electron chi connectivity index (χ2n) is 5.47. The Balaban J connectivity index is 1.75. The molecule has 2 aromatic rings. The number of nitrogens with zero attached hydrogens (tertiary/aromatic N) is 4. The Morgan fingerprint density at radius 2 is 2.00 bits per heavy atom. The number of benzene rings is 1. The zero-order valence-electron chi connectivity index (χ0n) is 13.2. The lowest BCUT2D eigenvalue weighted by Crippen LogP contribution is -2.40. The summed E-state index contributed by atoms with van der Waals surface area (Å²) in [7, 11) is 1.64. The Hall–Kier alpha value is -3.16. The lowest BCUT2D eigenvalue weighted by atomic mass is 10.1. The van der Waals surface area contributed by atoms with Gasteiger partial charge in [0, 0.05) is 31.4 Å². The van der Waals surface area contributed by atoms with E-state index in [1.54, 1.807) is 36.2 Å². The number of hydrogen-bond donors (Lipinski definition) is 1. The molecule has 0 bridgehead atoms. The number of aromatic amines is 1. The maximum Gasteiger partial charge on any atom is 0.343 e. The van der Waals surface area contributed by atoms with Gasteiger partial charge in [0.15, 0.2) is 5.82 Å². The fraction of sp³-hybridized carbons (Fsp3) is 0.250. The fourth-order valence-corrected chi connectivity index (χ4v) is 2.62. The van der Waals surface area contributed by atoms with Crippen LogP contribution in [0.3, 0.4) is 0 Å². The highest BCUT2D eigenvalue weighted by Gasteiger charge is 2.24. The number of rotatable bonds is 3. The van der Waals surface area contributed by atoms with E-state index in [0.717, 1.165) is 0 Å². The van der Waals surface area contributed by atoms with Gasteiger partial charge in [-0.3, -0.25) is 14.2 Å². The van der Waals surface area contributed by atoms with Crippen LogP contribution in [0.1, 0.15) is 16.2 Å². The Kier molecular flexibility index (Phi) is 4.03. The van der Waals surface area contributed by atoms with Crippen LogP contribution in [0.25, 0.3) is 0 Å². The molecule has 24 heavy (non-hydrogen) atoms. The lowest BCUT2D eigenvalue weighted by Gasteiger charge is -2.27. The average molecular weight is 327 g/mol. The summed E-state index contributed by atoms with van der Waals surface area (Å²) in [4.78, 5) is 38.8. The van der Waals surface area contributed by atoms with Crippen LogP contribution in [0, 0.1) is 0 Å². The quantitative estimate of drug-likeness (QED) is 0.825. The third-order valence-electron chi connectivity index (χ3n) is 4.06. The van der Waals surface area contributed by atoms with Gasteiger partial charge in [0.05, 0.1) is 6.54 Å². The molecule has 1 aromatic heterocycles. The number of aromatic nitrogens is 3. The van der Waals surface area contributed by atoms with Crippen molar-refractivity contribution in [3.05, 3.63) is 58.8 Å². The molecule has 8 nitrogen and oxygen atoms in total. The van der Waals surface area contributed by atoms with Gasteiger partial charge in [0.1, 0.15) is 0 Å². The minimum absolute atomic E-state index is 0.138. The highest BCUT2D eigenvalue weighted by Crippen LogP contribution is 2.17. The van der Waals surface area contributed by atoms with Crippen molar-refractivity contribution in [2.75, 3.05) is 18.5 Å². The molecule has 0 saturated carbocycles. The van der Waals surface area contributed by atoms with Crippen molar-refractivity contribution in [1.82, 2.24) is 19.7 Å². The number of hydrogen-bond acceptors (Lipinski definition) is 4. The van der Waals surface area contributed by atoms with E-state index in [1.807, 2.05) is 0 Å². The van der Waals surface area contributed by atoms with Crippen molar-refractivity contribution in [3.8, 4) is 0 Å². The van der Waals surface area contributed by atoms with E-state index in [2.05, 4.69) is 16.8 Å². The standard InChI is InChI=1S/C16H17N5O3/c1-3-14(22)19(2)12-6-4-11(5-7-12)15(23)20-8-9-21-13(10-20)17-18-16(21)24/h3-7H,1,8-10H2,2H3,(H,18,24). The smallest absolute Gasteiger partial charge is 0.329 e. The van der Waals surface area contributed by atoms with E-state index in [0.29, 0.717) is 30.2 Å². The Morgan fingerprint density at radius 1 is 1.29 bits per heavy atom. The third-order valence-corrected chi connectivity index (χ3v) is 4.06. The number of carbonyl (C=O) groups excluding carboxylic acids is 2. The molecular weight excluding hydrogens is 310 g/mol. The molecule has 3 rings (SSSR count). The normalized spacial score (nSPS) is 13.3. The summed E-state index contributed by atoms with van der Waals surface area (Å²) in [6.45, 7) is 4.60. The molecule has 8 heteroatoms. The van der Waals surface area contributed by atoms with Gasteiger partial charge < -0.3 is 9.80 Å². The van der Waals surface area contributed by atoms with Crippen molar-refractivity contribution in [2.45, 2.75) is 13.1 Å². The van der Waals surface area contributed by atoms with Gasteiger partial charge in [0.25, 0.3) is 5.91 Å². The van der Waals surface area contributed by atoms with Crippen molar-refractivity contribution < 1.29 is 9.59 Å². The predicted octanol–water partition coefficient (Wildman–Crippen LogP) is 0.376. The van der Waals surface area contributed by atoms with Crippen LogP contribution in [0.5, 0.6) is 0 Å². The van der Waals surface area contributed by atoms with Crippen LogP contribution >= 0.6 is 0 Å². The van der Waals surface area contributed by atoms with Gasteiger partial charge in [-0.1, -0.05) is 6.58 Å². The van der Waals surface area contributed by atoms with Crippen molar-refractivity contribution in [2.24, 2.45) is 0 Å². The number of anilines is 1. The van der Waals surface area contributed by atoms with Crippen molar-refractivity contribution >= 4 is 17.5 Å². The molecule has 1 aromatic carbocycles. The lowest BCUT2D eigenvalue weighted by molar-refractivity contribution is -0.113. The summed E-state index contributed by atoms with van der Waals surface area (Å²) < 4.78 is 1.53. The van der Waals surface area contributed by atoms with Crippen LogP contribution < -0.4 is 10.6 Å². The summed E-state index contributed by atoms with van der Waals surface area (Å²) in [6, 6.07) is 6.78. The van der Waals surface area contributed by atoms with E-state index in [-0.39, 0.29) is 24.0 Å². The molecule has 0 saturated heterocycles. The molecule has 1 aliphatic rings. The molecule has 2 amide bonds. The van der Waals surface area contributed by atoms with E-state index >= 15 is 0 Å². The van der Waals surface area contributed by atoms with E-state index in [1.165, 1.54) is 15.5 Å². The first-order chi connectivity index (χ1) is 11.5. The van der Waals surface area contributed by atoms with Gasteiger partial charge in [-0.05, 0) is 30.3 Å². The van der Waals surface area contributed by atoms with E-state index in [9.17, 15) is 14.4 Å². The molecule has 0 aliphatic carbocycles. The summed E-state index contributed by atoms with van der Waals surface area (Å²) in [5, 5.41) is 6.32. The first-order valence-corrected chi connectivity index (χ1v) is 7.45. The number of likely N-dealkylation sites (N-methyl/N-ethyl adjacent to an activating group) is 1. The minimum atomic E-state index is -0.253. The Bertz CT molecular complexity index is 849. The van der Waals surface area contributed by atoms with Gasteiger partial charge in [0.2, 0.25) is 5.91 Å². The first-order valence-electron chi connectivity index (χ1n) is 7.45. The molecule has 0 atom stereocenters. The van der Waals surface area contributed by atoms with Gasteiger partial charge in [-0.2, -0.15) is 5.10 Å². The largest absolute Gasteiger partial charge is 0.343 e. The summed E-state index contributed by atoms with van der Waals surface area (Å²) in [6.07, 6.45) is 1.23. The number of nitrogens with one attached hydrogen (secondary N) is 1. The third kappa shape index (κ3) is 2.73. The number of carbonyl (C=O) groups is 2. The van der Waals surface area contributed by atoms with Crippen LogP contribution in [0.15, 0.2) is 41.7 Å². The topological polar surface area (TPSA) is 91.3 Å². The summed E-state index contributed by atoms with van der Waals surface area (Å²) >= 11 is 0. The Labute approximate surface area is 138 Å². The highest BCUT2D eigenvalue weighted by atomic mass is 16.2. The van der Waals surface area contributed by atoms with E-state index in [4.69, 9.17) is 0 Å². The second kappa shape index (κ2) is 6.15. The zero-order chi connectivity index (χ0) is 17.3. The number of H-pyrrole nitrogens is 1. The molecule has 124 valence electrons. The molecule has 0 spiro atoms. The van der Waals surface area contributed by atoms with Crippen LogP contribution in [-0.2, 0) is 17.9 Å². The highest BCUT2D eigenvalue weighted by molar-refractivity contribution is 6.01. The van der Waals surface area contributed by atoms with Gasteiger partial charge in [-0.15, -0.1) is 0 Å². The minimum Gasteiger partial charge on any atom is -0.329 e. The first kappa shape index (κ1) is 15.7. The SMILES string of the molecule is C=CC(=O)N(C)c1ccc(C(=O)N2CCn3c(n[nH]c3=O)C2)cc1. The molecular formula is C16H17N5O3. The van der Waals surface area contributed by atoms with E-state index < -0.39 is 0 Å². The van der Waals surface area contributed by atoms with Crippen molar-refractivity contribution in [1.29, 1.82) is 0 Å². The summed E-state index contributed by atoms with van der Waals surface area (Å²) in [5.74, 6) is 0.190. The molecule has 0 radical (unpaired) electrons. The number of fused-ring (bicyclic) bond motifs is 1. The molecule has 1 aliphatic heterocycles. The second-order valence-corrected chi connectivity index (χ2v) is 5.47. The summed E-state index contributed by atoms with van der Waals surface area (Å²) in [5.41, 5.74) is 0.942. The van der Waals surface area contributed by atoms with Crippen LogP contribution in [0.4, 0.5) is 5.69 Å². The molecule has 2 heterocycles. The van der Waals surface area contributed by atoms with Gasteiger partial charge >= 0.3 is 5.69 Å². The maximum atomic E-state index is 12.6. The zero-order valence-corrected chi connectivity index (χ0v) is 13.2. The fourth-order valence-electron chi connectivity index (χ4n) is 2.62. The maximum absolute atomic E-state index is 12.6. The number of amides is 2. The monoisotopic (exact) mass is 327 g/mol. The molecule has 1 N–H and O–H groups in total.